The van der Waals surface area contributed by atoms with Gasteiger partial charge in [0.05, 0.1) is 0 Å². The van der Waals surface area contributed by atoms with Crippen LogP contribution in [0.3, 0.4) is 0 Å². The average Bonchev–Trinajstić information content (AvgIpc) is 2.03. The molecule has 1 nitrogen and oxygen atoms in total. The summed E-state index contributed by atoms with van der Waals surface area (Å²) in [4.78, 5) is 0. The van der Waals surface area contributed by atoms with Gasteiger partial charge in [0, 0.05) is 0 Å². The Bertz CT molecular complexity index is 149. The fraction of sp³-hybridized carbons (Fsp3) is 0.500. The van der Waals surface area contributed by atoms with Crippen LogP contribution in [-0.2, 0) is 4.74 Å². The Kier molecular flexibility index (Phi) is 3.00. The summed E-state index contributed by atoms with van der Waals surface area (Å²) in [6, 6.07) is 0. The third-order valence-corrected chi connectivity index (χ3v) is 1.31. The molecule has 0 aromatic heterocycles. The first-order valence-electron chi connectivity index (χ1n) is 3.49. The largest absolute Gasteiger partial charge is 0.491 e. The van der Waals surface area contributed by atoms with Gasteiger partial charge in [-0.15, -0.1) is 0 Å². The average molecular weight is 142 g/mol. The van der Waals surface area contributed by atoms with Crippen molar-refractivity contribution in [2.75, 3.05) is 13.3 Å². The van der Waals surface area contributed by atoms with E-state index in [4.69, 9.17) is 4.74 Å². The summed E-state index contributed by atoms with van der Waals surface area (Å²) in [5.41, 5.74) is 0. The zero-order valence-electron chi connectivity index (χ0n) is 5.85. The van der Waals surface area contributed by atoms with E-state index in [1.807, 2.05) is 18.2 Å². The van der Waals surface area contributed by atoms with Crippen LogP contribution in [-0.4, -0.2) is 13.3 Å². The van der Waals surface area contributed by atoms with Gasteiger partial charge in [-0.2, -0.15) is 0 Å². The number of alkyl halides is 1. The molecular formula is C8H11FO. The SMILES string of the molecule is FCCOC1=CCCC=C1. The number of halogens is 1. The molecule has 10 heavy (non-hydrogen) atoms. The van der Waals surface area contributed by atoms with E-state index < -0.39 is 6.67 Å². The van der Waals surface area contributed by atoms with Gasteiger partial charge in [-0.25, -0.2) is 4.39 Å². The third-order valence-electron chi connectivity index (χ3n) is 1.31. The van der Waals surface area contributed by atoms with E-state index in [1.54, 1.807) is 0 Å². The molecule has 0 saturated carbocycles. The van der Waals surface area contributed by atoms with Crippen LogP contribution in [0, 0.1) is 0 Å². The fourth-order valence-corrected chi connectivity index (χ4v) is 0.853. The second-order valence-electron chi connectivity index (χ2n) is 2.12. The first-order valence-corrected chi connectivity index (χ1v) is 3.49. The number of hydrogen-bond donors (Lipinski definition) is 0. The molecule has 1 rings (SSSR count). The minimum atomic E-state index is -0.412. The Morgan fingerprint density at radius 3 is 3.00 bits per heavy atom. The second kappa shape index (κ2) is 4.09. The lowest BCUT2D eigenvalue weighted by Gasteiger charge is -2.06. The molecule has 0 saturated heterocycles. The summed E-state index contributed by atoms with van der Waals surface area (Å²) in [7, 11) is 0. The van der Waals surface area contributed by atoms with Gasteiger partial charge in [0.15, 0.2) is 0 Å². The Labute approximate surface area is 60.2 Å². The van der Waals surface area contributed by atoms with Gasteiger partial charge in [0.1, 0.15) is 19.0 Å². The standard InChI is InChI=1S/C8H11FO/c9-6-7-10-8-4-2-1-3-5-8/h2,4-5H,1,3,6-7H2. The van der Waals surface area contributed by atoms with Crippen LogP contribution in [0.2, 0.25) is 0 Å². The molecule has 0 bridgehead atoms. The van der Waals surface area contributed by atoms with Gasteiger partial charge in [-0.1, -0.05) is 6.08 Å². The maximum atomic E-state index is 11.6. The highest BCUT2D eigenvalue weighted by Gasteiger charge is 1.95. The lowest BCUT2D eigenvalue weighted by molar-refractivity contribution is 0.196. The molecule has 1 aliphatic rings. The van der Waals surface area contributed by atoms with Crippen LogP contribution in [0.25, 0.3) is 0 Å². The molecular weight excluding hydrogens is 131 g/mol. The summed E-state index contributed by atoms with van der Waals surface area (Å²) < 4.78 is 16.6. The van der Waals surface area contributed by atoms with Gasteiger partial charge < -0.3 is 4.74 Å². The molecule has 2 heteroatoms. The van der Waals surface area contributed by atoms with E-state index in [-0.39, 0.29) is 6.61 Å². The van der Waals surface area contributed by atoms with Gasteiger partial charge in [0.25, 0.3) is 0 Å². The Balaban J connectivity index is 2.26. The molecule has 0 aromatic rings. The minimum Gasteiger partial charge on any atom is -0.491 e. The smallest absolute Gasteiger partial charge is 0.123 e. The van der Waals surface area contributed by atoms with Crippen LogP contribution >= 0.6 is 0 Å². The molecule has 0 amide bonds. The van der Waals surface area contributed by atoms with E-state index >= 15 is 0 Å². The molecule has 0 fully saturated rings. The van der Waals surface area contributed by atoms with Crippen molar-refractivity contribution >= 4 is 0 Å². The first-order chi connectivity index (χ1) is 4.93. The molecule has 56 valence electrons. The summed E-state index contributed by atoms with van der Waals surface area (Å²) in [6.07, 6.45) is 7.99. The number of rotatable bonds is 3. The lowest BCUT2D eigenvalue weighted by atomic mass is 10.2. The van der Waals surface area contributed by atoms with Gasteiger partial charge in [0.2, 0.25) is 0 Å². The van der Waals surface area contributed by atoms with Gasteiger partial charge in [-0.3, -0.25) is 0 Å². The molecule has 0 aromatic carbocycles. The molecule has 0 unspecified atom stereocenters. The zero-order valence-corrected chi connectivity index (χ0v) is 5.85. The topological polar surface area (TPSA) is 9.23 Å². The van der Waals surface area contributed by atoms with E-state index in [9.17, 15) is 4.39 Å². The molecule has 0 spiro atoms. The van der Waals surface area contributed by atoms with Crippen molar-refractivity contribution in [2.24, 2.45) is 0 Å². The van der Waals surface area contributed by atoms with Crippen molar-refractivity contribution in [3.8, 4) is 0 Å². The highest BCUT2D eigenvalue weighted by Crippen LogP contribution is 2.09. The van der Waals surface area contributed by atoms with Crippen molar-refractivity contribution < 1.29 is 9.13 Å². The van der Waals surface area contributed by atoms with Crippen LogP contribution in [0.4, 0.5) is 4.39 Å². The van der Waals surface area contributed by atoms with E-state index in [1.165, 1.54) is 0 Å². The van der Waals surface area contributed by atoms with Crippen molar-refractivity contribution in [3.05, 3.63) is 24.0 Å². The molecule has 0 N–H and O–H groups in total. The highest BCUT2D eigenvalue weighted by atomic mass is 19.1. The summed E-state index contributed by atoms with van der Waals surface area (Å²) in [5.74, 6) is 0.809. The van der Waals surface area contributed by atoms with Crippen LogP contribution < -0.4 is 0 Å². The monoisotopic (exact) mass is 142 g/mol. The predicted octanol–water partition coefficient (Wildman–Crippen LogP) is 2.21. The maximum Gasteiger partial charge on any atom is 0.123 e. The molecule has 0 aliphatic heterocycles. The zero-order chi connectivity index (χ0) is 7.23. The molecule has 0 heterocycles. The highest BCUT2D eigenvalue weighted by molar-refractivity contribution is 5.15. The van der Waals surface area contributed by atoms with Crippen molar-refractivity contribution in [3.63, 3.8) is 0 Å². The summed E-state index contributed by atoms with van der Waals surface area (Å²) >= 11 is 0. The number of allylic oxidation sites excluding steroid dienone is 3. The van der Waals surface area contributed by atoms with Crippen LogP contribution in [0.15, 0.2) is 24.0 Å². The maximum absolute atomic E-state index is 11.6. The van der Waals surface area contributed by atoms with Gasteiger partial charge >= 0.3 is 0 Å². The Hall–Kier alpha value is -0.790. The van der Waals surface area contributed by atoms with Crippen LogP contribution in [0.1, 0.15) is 12.8 Å². The lowest BCUT2D eigenvalue weighted by Crippen LogP contribution is -1.96. The van der Waals surface area contributed by atoms with Crippen molar-refractivity contribution in [2.45, 2.75) is 12.8 Å². The predicted molar refractivity (Wildman–Crippen MR) is 38.4 cm³/mol. The minimum absolute atomic E-state index is 0.177. The van der Waals surface area contributed by atoms with E-state index in [2.05, 4.69) is 0 Å². The van der Waals surface area contributed by atoms with Gasteiger partial charge in [-0.05, 0) is 25.0 Å². The summed E-state index contributed by atoms with van der Waals surface area (Å²) in [5, 5.41) is 0. The quantitative estimate of drug-likeness (QED) is 0.587. The normalized spacial score (nSPS) is 16.7. The molecule has 0 atom stereocenters. The number of ether oxygens (including phenoxy) is 1. The van der Waals surface area contributed by atoms with E-state index in [0.29, 0.717) is 0 Å². The molecule has 1 aliphatic carbocycles. The summed E-state index contributed by atoms with van der Waals surface area (Å²) in [6.45, 7) is -0.235. The van der Waals surface area contributed by atoms with Crippen LogP contribution in [0.5, 0.6) is 0 Å². The number of hydrogen-bond acceptors (Lipinski definition) is 1. The second-order valence-corrected chi connectivity index (χ2v) is 2.12. The Morgan fingerprint density at radius 1 is 1.50 bits per heavy atom. The molecule has 0 radical (unpaired) electrons. The fourth-order valence-electron chi connectivity index (χ4n) is 0.853. The van der Waals surface area contributed by atoms with E-state index in [0.717, 1.165) is 18.6 Å². The first kappa shape index (κ1) is 7.32. The van der Waals surface area contributed by atoms with Crippen molar-refractivity contribution in [1.82, 2.24) is 0 Å². The van der Waals surface area contributed by atoms with Crippen molar-refractivity contribution in [1.29, 1.82) is 0 Å². The Morgan fingerprint density at radius 2 is 2.40 bits per heavy atom. The third kappa shape index (κ3) is 2.21.